The smallest absolute Gasteiger partial charge is 0.299 e. The van der Waals surface area contributed by atoms with E-state index in [1.54, 1.807) is 43.3 Å². The van der Waals surface area contributed by atoms with Crippen LogP contribution in [0.4, 0.5) is 17.1 Å². The molecule has 0 atom stereocenters. The van der Waals surface area contributed by atoms with Gasteiger partial charge in [0.2, 0.25) is 0 Å². The summed E-state index contributed by atoms with van der Waals surface area (Å²) in [4.78, 5) is 12.5. The molecule has 1 heterocycles. The summed E-state index contributed by atoms with van der Waals surface area (Å²) in [7, 11) is -8.23. The summed E-state index contributed by atoms with van der Waals surface area (Å²) < 4.78 is 58.2. The molecule has 0 saturated heterocycles. The van der Waals surface area contributed by atoms with Crippen molar-refractivity contribution < 1.29 is 21.9 Å². The van der Waals surface area contributed by atoms with Gasteiger partial charge in [0, 0.05) is 5.39 Å². The van der Waals surface area contributed by atoms with E-state index in [4.69, 9.17) is 0 Å². The first kappa shape index (κ1) is 43.4. The van der Waals surface area contributed by atoms with Gasteiger partial charge in [-0.05, 0) is 61.2 Å². The van der Waals surface area contributed by atoms with E-state index in [0.29, 0.717) is 34.3 Å². The van der Waals surface area contributed by atoms with Crippen LogP contribution in [0.3, 0.4) is 0 Å². The number of unbranched alkanes of at least 4 members (excludes halogenated alkanes) is 15. The number of hydrogen-bond donors (Lipinski definition) is 3. The average molecular weight is 816 g/mol. The normalized spacial score (nSPS) is 12.2. The molecule has 0 spiro atoms. The van der Waals surface area contributed by atoms with Gasteiger partial charge >= 0.3 is 0 Å². The van der Waals surface area contributed by atoms with Crippen LogP contribution in [0.25, 0.3) is 16.5 Å². The number of aromatic hydroxyl groups is 1. The molecule has 13 heteroatoms. The second-order valence-electron chi connectivity index (χ2n) is 14.8. The molecule has 11 nitrogen and oxygen atoms in total. The largest absolute Gasteiger partial charge is 0.504 e. The lowest BCUT2D eigenvalue weighted by atomic mass is 10.0. The topological polar surface area (TPSA) is 163 Å². The van der Waals surface area contributed by atoms with Crippen molar-refractivity contribution in [1.82, 2.24) is 9.78 Å². The van der Waals surface area contributed by atoms with Crippen molar-refractivity contribution in [3.05, 3.63) is 101 Å². The van der Waals surface area contributed by atoms with Gasteiger partial charge in [-0.2, -0.15) is 5.11 Å². The Labute approximate surface area is 337 Å². The van der Waals surface area contributed by atoms with E-state index in [9.17, 15) is 26.7 Å². The van der Waals surface area contributed by atoms with E-state index in [0.717, 1.165) is 25.7 Å². The van der Waals surface area contributed by atoms with Gasteiger partial charge in [0.05, 0.1) is 33.4 Å². The summed E-state index contributed by atoms with van der Waals surface area (Å²) in [6.45, 7) is 3.95. The van der Waals surface area contributed by atoms with Crippen molar-refractivity contribution in [3.63, 3.8) is 0 Å². The molecular weight excluding hydrogens is 759 g/mol. The molecule has 0 saturated carbocycles. The SMILES string of the molecule is CCCCCCCCCCCCCCCCCCS(=O)(=O)c1cc2ccccc2c(NS(=O)(=O)c2ccc(N=Nc3c(C)[nH]n(-c4ccccc4)c3=O)cc2)c1O. The van der Waals surface area contributed by atoms with Gasteiger partial charge < -0.3 is 5.11 Å². The first-order chi connectivity index (χ1) is 27.5. The maximum absolute atomic E-state index is 13.6. The summed E-state index contributed by atoms with van der Waals surface area (Å²) in [5.74, 6) is -0.788. The lowest BCUT2D eigenvalue weighted by molar-refractivity contribution is 0.462. The number of rotatable bonds is 24. The number of aromatic amines is 1. The van der Waals surface area contributed by atoms with Crippen LogP contribution in [0.15, 0.2) is 110 Å². The number of benzene rings is 4. The molecule has 0 unspecified atom stereocenters. The highest BCUT2D eigenvalue weighted by Crippen LogP contribution is 2.40. The summed E-state index contributed by atoms with van der Waals surface area (Å²) in [6, 6.07) is 22.7. The molecule has 0 amide bonds. The van der Waals surface area contributed by atoms with Crippen LogP contribution in [-0.4, -0.2) is 37.5 Å². The predicted octanol–water partition coefficient (Wildman–Crippen LogP) is 11.6. The van der Waals surface area contributed by atoms with E-state index >= 15 is 0 Å². The molecule has 5 aromatic rings. The minimum Gasteiger partial charge on any atom is -0.504 e. The Morgan fingerprint density at radius 1 is 0.684 bits per heavy atom. The first-order valence-electron chi connectivity index (χ1n) is 20.4. The number of azo groups is 1. The number of phenolic OH excluding ortho intramolecular Hbond substituents is 1. The highest BCUT2D eigenvalue weighted by atomic mass is 32.2. The average Bonchev–Trinajstić information content (AvgIpc) is 3.50. The van der Waals surface area contributed by atoms with E-state index in [1.165, 1.54) is 106 Å². The molecule has 0 fully saturated rings. The molecular formula is C44H57N5O6S2. The highest BCUT2D eigenvalue weighted by Gasteiger charge is 2.26. The maximum Gasteiger partial charge on any atom is 0.299 e. The highest BCUT2D eigenvalue weighted by molar-refractivity contribution is 7.93. The van der Waals surface area contributed by atoms with Crippen LogP contribution >= 0.6 is 0 Å². The molecule has 57 heavy (non-hydrogen) atoms. The summed E-state index contributed by atoms with van der Waals surface area (Å²) >= 11 is 0. The molecule has 1 aromatic heterocycles. The van der Waals surface area contributed by atoms with Crippen LogP contribution < -0.4 is 10.3 Å². The summed E-state index contributed by atoms with van der Waals surface area (Å²) in [6.07, 6.45) is 18.9. The van der Waals surface area contributed by atoms with Crippen molar-refractivity contribution in [1.29, 1.82) is 0 Å². The van der Waals surface area contributed by atoms with Gasteiger partial charge in [-0.3, -0.25) is 14.6 Å². The Morgan fingerprint density at radius 2 is 1.23 bits per heavy atom. The molecule has 0 aliphatic carbocycles. The second kappa shape index (κ2) is 21.1. The van der Waals surface area contributed by atoms with Gasteiger partial charge in [0.15, 0.2) is 21.3 Å². The maximum atomic E-state index is 13.6. The Hall–Kier alpha value is -4.75. The minimum atomic E-state index is -4.29. The van der Waals surface area contributed by atoms with E-state index in [1.807, 2.05) is 18.2 Å². The lowest BCUT2D eigenvalue weighted by Crippen LogP contribution is -2.15. The van der Waals surface area contributed by atoms with Crippen molar-refractivity contribution in [2.45, 2.75) is 126 Å². The number of hydrogen-bond acceptors (Lipinski definition) is 8. The molecule has 4 aromatic carbocycles. The van der Waals surface area contributed by atoms with E-state index < -0.39 is 25.6 Å². The number of fused-ring (bicyclic) bond motifs is 1. The number of sulfonamides is 1. The van der Waals surface area contributed by atoms with E-state index in [-0.39, 0.29) is 32.5 Å². The van der Waals surface area contributed by atoms with Crippen LogP contribution in [0.1, 0.15) is 115 Å². The number of nitrogens with zero attached hydrogens (tertiary/aromatic N) is 3. The zero-order valence-corrected chi connectivity index (χ0v) is 34.9. The minimum absolute atomic E-state index is 0.115. The van der Waals surface area contributed by atoms with Crippen molar-refractivity contribution in [2.24, 2.45) is 10.2 Å². The van der Waals surface area contributed by atoms with Crippen molar-refractivity contribution in [3.8, 4) is 11.4 Å². The number of sulfone groups is 1. The Kier molecular flexibility index (Phi) is 16.1. The third kappa shape index (κ3) is 12.1. The quantitative estimate of drug-likeness (QED) is 0.0319. The molecule has 0 radical (unpaired) electrons. The Bertz CT molecular complexity index is 2350. The van der Waals surface area contributed by atoms with Gasteiger partial charge in [-0.15, -0.1) is 5.11 Å². The number of aromatic nitrogens is 2. The second-order valence-corrected chi connectivity index (χ2v) is 18.6. The Morgan fingerprint density at radius 3 is 1.82 bits per heavy atom. The zero-order chi connectivity index (χ0) is 40.7. The van der Waals surface area contributed by atoms with E-state index in [2.05, 4.69) is 27.0 Å². The number of anilines is 1. The molecule has 5 rings (SSSR count). The molecule has 0 aliphatic rings. The fourth-order valence-electron chi connectivity index (χ4n) is 7.01. The first-order valence-corrected chi connectivity index (χ1v) is 23.5. The van der Waals surface area contributed by atoms with Crippen molar-refractivity contribution in [2.75, 3.05) is 10.5 Å². The number of aryl methyl sites for hydroxylation is 1. The van der Waals surface area contributed by atoms with Gasteiger partial charge in [-0.1, -0.05) is 146 Å². The van der Waals surface area contributed by atoms with Gasteiger partial charge in [-0.25, -0.2) is 21.5 Å². The van der Waals surface area contributed by atoms with Crippen LogP contribution in [0.5, 0.6) is 5.75 Å². The van der Waals surface area contributed by atoms with Crippen molar-refractivity contribution >= 4 is 47.7 Å². The molecule has 0 bridgehead atoms. The number of para-hydroxylation sites is 1. The third-order valence-corrected chi connectivity index (χ3v) is 13.5. The fourth-order valence-corrected chi connectivity index (χ4v) is 9.60. The number of phenols is 1. The van der Waals surface area contributed by atoms with Gasteiger partial charge in [0.1, 0.15) is 4.90 Å². The third-order valence-electron chi connectivity index (χ3n) is 10.3. The van der Waals surface area contributed by atoms with Crippen LogP contribution in [0, 0.1) is 6.92 Å². The van der Waals surface area contributed by atoms with Gasteiger partial charge in [0.25, 0.3) is 15.6 Å². The standard InChI is InChI=1S/C44H57N5O6S2/c1-3-4-5-6-7-8-9-10-11-12-13-14-15-16-17-23-32-56(52,53)40-33-35-24-21-22-27-39(35)42(43(40)50)48-57(54,55)38-30-28-36(29-31-38)45-46-41-34(2)47-49(44(41)51)37-25-19-18-20-26-37/h18-22,24-31,33,47-48,50H,3-17,23,32H2,1-2H3. The number of H-pyrrole nitrogens is 1. The number of nitrogens with one attached hydrogen (secondary N) is 2. The molecule has 3 N–H and O–H groups in total. The van der Waals surface area contributed by atoms with Crippen LogP contribution in [0.2, 0.25) is 0 Å². The lowest BCUT2D eigenvalue weighted by Gasteiger charge is -2.16. The van der Waals surface area contributed by atoms with Crippen LogP contribution in [-0.2, 0) is 19.9 Å². The monoisotopic (exact) mass is 815 g/mol. The fraction of sp³-hybridized carbons (Fsp3) is 0.432. The Balaban J connectivity index is 1.16. The summed E-state index contributed by atoms with van der Waals surface area (Å²) in [5, 5.41) is 23.4. The molecule has 0 aliphatic heterocycles. The predicted molar refractivity (Wildman–Crippen MR) is 230 cm³/mol. The summed E-state index contributed by atoms with van der Waals surface area (Å²) in [5.41, 5.74) is 0.982. The molecule has 306 valence electrons. The zero-order valence-electron chi connectivity index (χ0n) is 33.3.